The van der Waals surface area contributed by atoms with Gasteiger partial charge in [-0.05, 0) is 0 Å². The molecule has 64 valence electrons. The topological polar surface area (TPSA) is 76.9 Å². The van der Waals surface area contributed by atoms with Crippen LogP contribution in [0.2, 0.25) is 0 Å². The van der Waals surface area contributed by atoms with Crippen LogP contribution in [-0.4, -0.2) is 49.9 Å². The summed E-state index contributed by atoms with van der Waals surface area (Å²) >= 11 is 5.27. The van der Waals surface area contributed by atoms with Crippen molar-refractivity contribution in [3.05, 3.63) is 31.5 Å². The average Bonchev–Trinajstić information content (AvgIpc) is 1.97. The Kier molecular flexibility index (Phi) is 5.00. The monoisotopic (exact) mass is 327 g/mol. The molecule has 0 unspecified atom stereocenters. The van der Waals surface area contributed by atoms with Crippen LogP contribution in [0.1, 0.15) is 0 Å². The van der Waals surface area contributed by atoms with Crippen LogP contribution in [0, 0.1) is 0 Å². The van der Waals surface area contributed by atoms with Gasteiger partial charge in [0.25, 0.3) is 0 Å². The van der Waals surface area contributed by atoms with Gasteiger partial charge < -0.3 is 0 Å². The second kappa shape index (κ2) is 4.75. The van der Waals surface area contributed by atoms with Gasteiger partial charge in [0.05, 0.1) is 32.3 Å². The van der Waals surface area contributed by atoms with Crippen LogP contribution < -0.4 is 17.1 Å². The van der Waals surface area contributed by atoms with E-state index in [2.05, 4.69) is 32.3 Å². The second-order valence-electron chi connectivity index (χ2n) is 1.58. The van der Waals surface area contributed by atoms with E-state index in [-0.39, 0.29) is 37.7 Å². The Morgan fingerprint density at radius 2 is 1.33 bits per heavy atom. The van der Waals surface area contributed by atoms with E-state index >= 15 is 0 Å². The molecular formula is C3H3Br2CaN3O3. The molecule has 0 spiro atoms. The van der Waals surface area contributed by atoms with Gasteiger partial charge in [-0.15, -0.1) is 0 Å². The van der Waals surface area contributed by atoms with Crippen LogP contribution in [0.5, 0.6) is 0 Å². The maximum absolute atomic E-state index is 10.8. The van der Waals surface area contributed by atoms with Gasteiger partial charge in [-0.3, -0.25) is 4.98 Å². The van der Waals surface area contributed by atoms with Crippen LogP contribution in [0.4, 0.5) is 0 Å². The number of hydrogen-bond donors (Lipinski definition) is 1. The summed E-state index contributed by atoms with van der Waals surface area (Å²) in [6.45, 7) is 0. The second-order valence-corrected chi connectivity index (χ2v) is 3.00. The Bertz CT molecular complexity index is 408. The number of hydrogen-bond acceptors (Lipinski definition) is 3. The van der Waals surface area contributed by atoms with Gasteiger partial charge in [0.2, 0.25) is 0 Å². The predicted octanol–water partition coefficient (Wildman–Crippen LogP) is -1.90. The van der Waals surface area contributed by atoms with Crippen LogP contribution in [0.15, 0.2) is 14.4 Å². The van der Waals surface area contributed by atoms with E-state index in [1.807, 2.05) is 4.98 Å². The summed E-state index contributed by atoms with van der Waals surface area (Å²) in [5.74, 6) is 0. The zero-order valence-electron chi connectivity index (χ0n) is 4.88. The van der Waals surface area contributed by atoms with Crippen molar-refractivity contribution >= 4 is 70.0 Å². The molecule has 9 heteroatoms. The molecule has 0 saturated carbocycles. The van der Waals surface area contributed by atoms with Gasteiger partial charge in [-0.1, -0.05) is 0 Å². The molecule has 0 saturated heterocycles. The molecule has 1 aromatic rings. The number of aromatic nitrogens is 3. The number of rotatable bonds is 0. The Labute approximate surface area is 112 Å². The Morgan fingerprint density at radius 3 is 1.67 bits per heavy atom. The summed E-state index contributed by atoms with van der Waals surface area (Å²) in [4.78, 5) is 34.0. The summed E-state index contributed by atoms with van der Waals surface area (Å²) in [5, 5.41) is 0. The summed E-state index contributed by atoms with van der Waals surface area (Å²) in [7, 11) is 0. The van der Waals surface area contributed by atoms with Crippen molar-refractivity contribution < 1.29 is 0 Å². The van der Waals surface area contributed by atoms with E-state index in [0.717, 1.165) is 0 Å². The van der Waals surface area contributed by atoms with Crippen molar-refractivity contribution in [1.82, 2.24) is 12.2 Å². The quantitative estimate of drug-likeness (QED) is 0.565. The van der Waals surface area contributed by atoms with Gasteiger partial charge in [0.15, 0.2) is 0 Å². The van der Waals surface area contributed by atoms with Crippen molar-refractivity contribution in [1.29, 1.82) is 0 Å². The summed E-state index contributed by atoms with van der Waals surface area (Å²) in [5.41, 5.74) is -2.41. The van der Waals surface area contributed by atoms with E-state index in [4.69, 9.17) is 0 Å². The average molecular weight is 329 g/mol. The minimum atomic E-state index is -0.810. The van der Waals surface area contributed by atoms with Crippen molar-refractivity contribution in [3.8, 4) is 0 Å². The van der Waals surface area contributed by atoms with Crippen molar-refractivity contribution in [2.45, 2.75) is 0 Å². The first kappa shape index (κ1) is 12.6. The molecule has 1 rings (SSSR count). The Balaban J connectivity index is 0.00000121. The van der Waals surface area contributed by atoms with Gasteiger partial charge in [0.1, 0.15) is 0 Å². The first-order valence-electron chi connectivity index (χ1n) is 2.34. The fourth-order valence-electron chi connectivity index (χ4n) is 0.440. The SMILES string of the molecule is O=c1[nH]c(=O)n(Br)c(=O)n1Br.[CaH2]. The molecule has 0 bridgehead atoms. The van der Waals surface area contributed by atoms with E-state index in [0.29, 0.717) is 7.19 Å². The molecule has 0 aliphatic heterocycles. The van der Waals surface area contributed by atoms with E-state index in [1.165, 1.54) is 0 Å². The standard InChI is InChI=1S/C3HBr2N3O3.Ca.2H/c4-7-1(9)6-2(10)8(5)3(7)11;;;/h(H,6,9,10);;;. The van der Waals surface area contributed by atoms with Gasteiger partial charge in [-0.25, -0.2) is 14.4 Å². The molecule has 1 heterocycles. The minimum absolute atomic E-state index is 0. The summed E-state index contributed by atoms with van der Waals surface area (Å²) in [6, 6.07) is 0. The van der Waals surface area contributed by atoms with Crippen molar-refractivity contribution in [2.24, 2.45) is 0 Å². The van der Waals surface area contributed by atoms with Crippen molar-refractivity contribution in [3.63, 3.8) is 0 Å². The molecule has 12 heavy (non-hydrogen) atoms. The number of aromatic amines is 1. The Hall–Kier alpha value is 0.630. The molecule has 1 N–H and O–H groups in total. The van der Waals surface area contributed by atoms with Gasteiger partial charge in [-0.2, -0.15) is 7.19 Å². The Morgan fingerprint density at radius 1 is 1.00 bits per heavy atom. The third-order valence-corrected chi connectivity index (χ3v) is 2.16. The van der Waals surface area contributed by atoms with Gasteiger partial charge in [0, 0.05) is 0 Å². The van der Waals surface area contributed by atoms with Crippen LogP contribution in [-0.2, 0) is 0 Å². The normalized spacial score (nSPS) is 9.17. The first-order chi connectivity index (χ1) is 5.04. The molecule has 0 aliphatic carbocycles. The van der Waals surface area contributed by atoms with E-state index in [9.17, 15) is 14.4 Å². The molecule has 0 aromatic carbocycles. The zero-order chi connectivity index (χ0) is 8.59. The van der Waals surface area contributed by atoms with Crippen LogP contribution >= 0.6 is 32.3 Å². The predicted molar refractivity (Wildman–Crippen MR) is 52.8 cm³/mol. The van der Waals surface area contributed by atoms with Crippen LogP contribution in [0.3, 0.4) is 0 Å². The molecule has 0 fully saturated rings. The third kappa shape index (κ3) is 2.32. The molecule has 0 amide bonds. The molecule has 0 radical (unpaired) electrons. The zero-order valence-corrected chi connectivity index (χ0v) is 8.05. The molecule has 1 aromatic heterocycles. The van der Waals surface area contributed by atoms with E-state index in [1.54, 1.807) is 0 Å². The van der Waals surface area contributed by atoms with E-state index < -0.39 is 17.1 Å². The number of halogens is 2. The number of H-pyrrole nitrogens is 1. The third-order valence-electron chi connectivity index (χ3n) is 0.906. The number of nitrogens with one attached hydrogen (secondary N) is 1. The molecule has 6 nitrogen and oxygen atoms in total. The van der Waals surface area contributed by atoms with Gasteiger partial charge >= 0.3 is 54.8 Å². The fourth-order valence-corrected chi connectivity index (χ4v) is 1.15. The summed E-state index contributed by atoms with van der Waals surface area (Å²) in [6.07, 6.45) is 0. The maximum atomic E-state index is 10.8. The first-order valence-corrected chi connectivity index (χ1v) is 3.76. The molecule has 0 aliphatic rings. The fraction of sp³-hybridized carbons (Fsp3) is 0. The number of nitrogens with zero attached hydrogens (tertiary/aromatic N) is 2. The van der Waals surface area contributed by atoms with Crippen LogP contribution in [0.25, 0.3) is 0 Å². The molecule has 0 atom stereocenters. The summed E-state index contributed by atoms with van der Waals surface area (Å²) < 4.78 is 1.17. The molecular weight excluding hydrogens is 326 g/mol. The van der Waals surface area contributed by atoms with Crippen molar-refractivity contribution in [2.75, 3.05) is 0 Å².